The highest BCUT2D eigenvalue weighted by Crippen LogP contribution is 2.29. The molecule has 0 spiro atoms. The average Bonchev–Trinajstić information content (AvgIpc) is 2.50. The van der Waals surface area contributed by atoms with Crippen LogP contribution in [0, 0.1) is 0 Å². The van der Waals surface area contributed by atoms with Gasteiger partial charge in [-0.15, -0.1) is 0 Å². The third-order valence-corrected chi connectivity index (χ3v) is 3.83. The van der Waals surface area contributed by atoms with Gasteiger partial charge in [0.05, 0.1) is 5.56 Å². The van der Waals surface area contributed by atoms with Crippen LogP contribution < -0.4 is 5.73 Å². The summed E-state index contributed by atoms with van der Waals surface area (Å²) in [6.07, 6.45) is 2.11. The van der Waals surface area contributed by atoms with Crippen molar-refractivity contribution in [1.29, 1.82) is 0 Å². The summed E-state index contributed by atoms with van der Waals surface area (Å²) in [7, 11) is 0. The summed E-state index contributed by atoms with van der Waals surface area (Å²) in [4.78, 5) is 16.4. The zero-order valence-electron chi connectivity index (χ0n) is 12.2. The Morgan fingerprint density at radius 3 is 2.52 bits per heavy atom. The van der Waals surface area contributed by atoms with Crippen LogP contribution in [0.3, 0.4) is 0 Å². The quantitative estimate of drug-likeness (QED) is 0.546. The number of hydrogen-bond donors (Lipinski definition) is 3. The van der Waals surface area contributed by atoms with Crippen LogP contribution >= 0.6 is 0 Å². The van der Waals surface area contributed by atoms with E-state index in [1.165, 1.54) is 12.1 Å². The molecule has 0 aliphatic carbocycles. The van der Waals surface area contributed by atoms with Crippen LogP contribution in [0.4, 0.5) is 0 Å². The topological polar surface area (TPSA) is 90.0 Å². The Morgan fingerprint density at radius 1 is 1.14 bits per heavy atom. The van der Waals surface area contributed by atoms with E-state index in [0.717, 1.165) is 39.0 Å². The van der Waals surface area contributed by atoms with Crippen LogP contribution in [0.15, 0.2) is 18.2 Å². The summed E-state index contributed by atoms with van der Waals surface area (Å²) in [6.45, 7) is 4.66. The molecule has 6 heteroatoms. The van der Waals surface area contributed by atoms with Crippen molar-refractivity contribution in [2.75, 3.05) is 39.3 Å². The largest absolute Gasteiger partial charge is 0.504 e. The van der Waals surface area contributed by atoms with E-state index in [-0.39, 0.29) is 23.0 Å². The highest BCUT2D eigenvalue weighted by atomic mass is 16.3. The van der Waals surface area contributed by atoms with Crippen molar-refractivity contribution < 1.29 is 15.0 Å². The van der Waals surface area contributed by atoms with Crippen LogP contribution in [0.2, 0.25) is 0 Å². The van der Waals surface area contributed by atoms with Gasteiger partial charge in [-0.3, -0.25) is 9.69 Å². The van der Waals surface area contributed by atoms with Crippen LogP contribution in [-0.4, -0.2) is 65.2 Å². The number of aromatic hydroxyl groups is 2. The van der Waals surface area contributed by atoms with Gasteiger partial charge in [0.25, 0.3) is 5.91 Å². The molecule has 0 radical (unpaired) electrons. The van der Waals surface area contributed by atoms with Gasteiger partial charge in [-0.05, 0) is 38.1 Å². The molecule has 1 saturated heterocycles. The molecule has 0 aromatic heterocycles. The molecule has 0 bridgehead atoms. The number of carbonyl (C=O) groups excluding carboxylic acids is 1. The van der Waals surface area contributed by atoms with Gasteiger partial charge in [0.2, 0.25) is 0 Å². The minimum atomic E-state index is -0.340. The first-order valence-electron chi connectivity index (χ1n) is 7.36. The summed E-state index contributed by atoms with van der Waals surface area (Å²) in [5, 5.41) is 19.2. The molecule has 1 heterocycles. The second-order valence-electron chi connectivity index (χ2n) is 5.30. The lowest BCUT2D eigenvalue weighted by molar-refractivity contribution is 0.0632. The van der Waals surface area contributed by atoms with E-state index in [2.05, 4.69) is 4.90 Å². The molecule has 1 aromatic carbocycles. The van der Waals surface area contributed by atoms with Gasteiger partial charge in [-0.1, -0.05) is 6.07 Å². The normalized spacial score (nSPS) is 16.1. The fourth-order valence-electron chi connectivity index (χ4n) is 2.53. The maximum absolute atomic E-state index is 12.4. The highest BCUT2D eigenvalue weighted by molar-refractivity contribution is 5.97. The van der Waals surface area contributed by atoms with E-state index in [4.69, 9.17) is 5.73 Å². The van der Waals surface area contributed by atoms with Crippen molar-refractivity contribution in [2.24, 2.45) is 5.73 Å². The van der Waals surface area contributed by atoms with Crippen molar-refractivity contribution in [3.05, 3.63) is 23.8 Å². The number of rotatable bonds is 5. The van der Waals surface area contributed by atoms with Gasteiger partial charge in [-0.25, -0.2) is 0 Å². The first-order valence-corrected chi connectivity index (χ1v) is 7.36. The molecule has 0 unspecified atom stereocenters. The number of carbonyl (C=O) groups is 1. The van der Waals surface area contributed by atoms with Gasteiger partial charge in [0.1, 0.15) is 0 Å². The molecule has 1 aromatic rings. The highest BCUT2D eigenvalue weighted by Gasteiger charge is 2.24. The Bertz CT molecular complexity index is 485. The molecule has 1 amide bonds. The smallest absolute Gasteiger partial charge is 0.257 e. The molecule has 4 N–H and O–H groups in total. The van der Waals surface area contributed by atoms with Crippen molar-refractivity contribution in [2.45, 2.75) is 12.8 Å². The molecule has 0 saturated carbocycles. The number of piperazine rings is 1. The predicted octanol–water partition coefficient (Wildman–Crippen LogP) is 0.594. The number of para-hydroxylation sites is 1. The van der Waals surface area contributed by atoms with Gasteiger partial charge < -0.3 is 20.8 Å². The van der Waals surface area contributed by atoms with Gasteiger partial charge in [0.15, 0.2) is 11.5 Å². The van der Waals surface area contributed by atoms with E-state index >= 15 is 0 Å². The van der Waals surface area contributed by atoms with E-state index < -0.39 is 0 Å². The number of phenols is 2. The van der Waals surface area contributed by atoms with Crippen LogP contribution in [-0.2, 0) is 0 Å². The molecule has 1 aliphatic heterocycles. The number of nitrogens with two attached hydrogens (primary N) is 1. The zero-order chi connectivity index (χ0) is 15.2. The van der Waals surface area contributed by atoms with Crippen LogP contribution in [0.1, 0.15) is 23.2 Å². The molecule has 116 valence electrons. The Morgan fingerprint density at radius 2 is 1.86 bits per heavy atom. The molecule has 1 fully saturated rings. The van der Waals surface area contributed by atoms with E-state index in [0.29, 0.717) is 13.1 Å². The fourth-order valence-corrected chi connectivity index (χ4v) is 2.53. The Balaban J connectivity index is 1.90. The van der Waals surface area contributed by atoms with Gasteiger partial charge in [0, 0.05) is 26.2 Å². The van der Waals surface area contributed by atoms with Crippen molar-refractivity contribution in [3.8, 4) is 11.5 Å². The molecule has 1 aliphatic rings. The lowest BCUT2D eigenvalue weighted by atomic mass is 10.1. The molecular formula is C15H23N3O3. The van der Waals surface area contributed by atoms with Crippen LogP contribution in [0.5, 0.6) is 11.5 Å². The van der Waals surface area contributed by atoms with Crippen molar-refractivity contribution >= 4 is 5.91 Å². The fraction of sp³-hybridized carbons (Fsp3) is 0.533. The maximum atomic E-state index is 12.4. The third-order valence-electron chi connectivity index (χ3n) is 3.83. The van der Waals surface area contributed by atoms with Crippen molar-refractivity contribution in [1.82, 2.24) is 9.80 Å². The monoisotopic (exact) mass is 293 g/mol. The minimum Gasteiger partial charge on any atom is -0.504 e. The summed E-state index contributed by atoms with van der Waals surface area (Å²) < 4.78 is 0. The summed E-state index contributed by atoms with van der Waals surface area (Å²) in [6, 6.07) is 4.46. The molecule has 21 heavy (non-hydrogen) atoms. The van der Waals surface area contributed by atoms with E-state index in [9.17, 15) is 15.0 Å². The van der Waals surface area contributed by atoms with E-state index in [1.54, 1.807) is 11.0 Å². The number of nitrogens with zero attached hydrogens (tertiary/aromatic N) is 2. The van der Waals surface area contributed by atoms with Gasteiger partial charge in [-0.2, -0.15) is 0 Å². The second kappa shape index (κ2) is 7.28. The first-order chi connectivity index (χ1) is 10.1. The summed E-state index contributed by atoms with van der Waals surface area (Å²) in [5.74, 6) is -0.834. The third kappa shape index (κ3) is 3.86. The minimum absolute atomic E-state index is 0.159. The average molecular weight is 293 g/mol. The van der Waals surface area contributed by atoms with Gasteiger partial charge >= 0.3 is 0 Å². The Hall–Kier alpha value is -1.79. The lowest BCUT2D eigenvalue weighted by Gasteiger charge is -2.34. The number of amides is 1. The summed E-state index contributed by atoms with van der Waals surface area (Å²) >= 11 is 0. The Kier molecular flexibility index (Phi) is 5.41. The maximum Gasteiger partial charge on any atom is 0.257 e. The number of benzene rings is 1. The zero-order valence-corrected chi connectivity index (χ0v) is 12.2. The SMILES string of the molecule is NCCCCN1CCN(C(=O)c2cccc(O)c2O)CC1. The Labute approximate surface area is 124 Å². The summed E-state index contributed by atoms with van der Waals surface area (Å²) in [5.41, 5.74) is 5.64. The molecule has 6 nitrogen and oxygen atoms in total. The molecular weight excluding hydrogens is 270 g/mol. The van der Waals surface area contributed by atoms with E-state index in [1.807, 2.05) is 0 Å². The predicted molar refractivity (Wildman–Crippen MR) is 80.4 cm³/mol. The number of phenolic OH excluding ortho intramolecular Hbond substituents is 2. The number of hydrogen-bond acceptors (Lipinski definition) is 5. The standard InChI is InChI=1S/C15H23N3O3/c16-6-1-2-7-17-8-10-18(11-9-17)15(21)12-4-3-5-13(19)14(12)20/h3-5,19-20H,1-2,6-11,16H2. The molecule has 2 rings (SSSR count). The number of unbranched alkanes of at least 4 members (excludes halogenated alkanes) is 1. The van der Waals surface area contributed by atoms with Crippen molar-refractivity contribution in [3.63, 3.8) is 0 Å². The first kappa shape index (κ1) is 15.6. The van der Waals surface area contributed by atoms with Crippen LogP contribution in [0.25, 0.3) is 0 Å². The lowest BCUT2D eigenvalue weighted by Crippen LogP contribution is -2.48. The second-order valence-corrected chi connectivity index (χ2v) is 5.30. The molecule has 0 atom stereocenters.